The first-order valence-corrected chi connectivity index (χ1v) is 7.45. The van der Waals surface area contributed by atoms with Gasteiger partial charge in [0.1, 0.15) is 0 Å². The lowest BCUT2D eigenvalue weighted by molar-refractivity contribution is 0.0595. The van der Waals surface area contributed by atoms with E-state index in [4.69, 9.17) is 4.74 Å². The zero-order valence-electron chi connectivity index (χ0n) is 12.8. The van der Waals surface area contributed by atoms with Gasteiger partial charge in [-0.15, -0.1) is 0 Å². The molecule has 0 aliphatic carbocycles. The third kappa shape index (κ3) is 3.68. The van der Waals surface area contributed by atoms with E-state index in [9.17, 15) is 4.79 Å². The number of benzene rings is 1. The highest BCUT2D eigenvalue weighted by molar-refractivity contribution is 5.99. The lowest BCUT2D eigenvalue weighted by Crippen LogP contribution is -2.46. The van der Waals surface area contributed by atoms with Crippen LogP contribution >= 0.6 is 0 Å². The fourth-order valence-electron chi connectivity index (χ4n) is 2.95. The van der Waals surface area contributed by atoms with Crippen LogP contribution in [0.4, 0.5) is 0 Å². The molecule has 0 radical (unpaired) electrons. The number of ketones is 1. The standard InChI is InChI=1S/C17H25NO2/c1-13-6-8-16(9-7-13)17(19)14(2)18-10-4-5-15(11-18)12-20-3/h6-9,14-15H,4-5,10-12H2,1-3H3. The number of aryl methyl sites for hydroxylation is 1. The first kappa shape index (κ1) is 15.2. The lowest BCUT2D eigenvalue weighted by Gasteiger charge is -2.35. The van der Waals surface area contributed by atoms with E-state index in [0.717, 1.165) is 31.7 Å². The lowest BCUT2D eigenvalue weighted by atomic mass is 9.95. The molecule has 0 aromatic heterocycles. The van der Waals surface area contributed by atoms with Crippen LogP contribution in [0.1, 0.15) is 35.7 Å². The Morgan fingerprint density at radius 2 is 2.10 bits per heavy atom. The van der Waals surface area contributed by atoms with Crippen LogP contribution in [0.25, 0.3) is 0 Å². The molecule has 20 heavy (non-hydrogen) atoms. The van der Waals surface area contributed by atoms with Crippen molar-refractivity contribution in [3.63, 3.8) is 0 Å². The first-order valence-electron chi connectivity index (χ1n) is 7.45. The monoisotopic (exact) mass is 275 g/mol. The highest BCUT2D eigenvalue weighted by atomic mass is 16.5. The number of carbonyl (C=O) groups is 1. The van der Waals surface area contributed by atoms with E-state index in [1.165, 1.54) is 12.0 Å². The number of Topliss-reactive ketones (excluding diaryl/α,β-unsaturated/α-hetero) is 1. The molecule has 2 unspecified atom stereocenters. The van der Waals surface area contributed by atoms with Crippen LogP contribution in [0.2, 0.25) is 0 Å². The summed E-state index contributed by atoms with van der Waals surface area (Å²) in [5, 5.41) is 0. The summed E-state index contributed by atoms with van der Waals surface area (Å²) >= 11 is 0. The second-order valence-electron chi connectivity index (χ2n) is 5.86. The first-order chi connectivity index (χ1) is 9.61. The summed E-state index contributed by atoms with van der Waals surface area (Å²) < 4.78 is 5.26. The third-order valence-electron chi connectivity index (χ3n) is 4.22. The van der Waals surface area contributed by atoms with Gasteiger partial charge in [-0.1, -0.05) is 29.8 Å². The Morgan fingerprint density at radius 3 is 2.75 bits per heavy atom. The van der Waals surface area contributed by atoms with Gasteiger partial charge in [-0.25, -0.2) is 0 Å². The van der Waals surface area contributed by atoms with E-state index < -0.39 is 0 Å². The number of nitrogens with zero attached hydrogens (tertiary/aromatic N) is 1. The minimum absolute atomic E-state index is 0.0441. The fraction of sp³-hybridized carbons (Fsp3) is 0.588. The van der Waals surface area contributed by atoms with Gasteiger partial charge in [-0.05, 0) is 39.2 Å². The average molecular weight is 275 g/mol. The summed E-state index contributed by atoms with van der Waals surface area (Å²) in [5.74, 6) is 0.782. The van der Waals surface area contributed by atoms with Gasteiger partial charge in [-0.2, -0.15) is 0 Å². The zero-order valence-corrected chi connectivity index (χ0v) is 12.8. The summed E-state index contributed by atoms with van der Waals surface area (Å²) in [7, 11) is 1.75. The predicted octanol–water partition coefficient (Wildman–Crippen LogP) is 2.92. The van der Waals surface area contributed by atoms with Crippen LogP contribution in [0, 0.1) is 12.8 Å². The molecule has 1 aliphatic rings. The Labute approximate surface area is 121 Å². The number of rotatable bonds is 5. The molecular weight excluding hydrogens is 250 g/mol. The molecule has 2 rings (SSSR count). The Kier molecular flexibility index (Phi) is 5.32. The number of carbonyl (C=O) groups excluding carboxylic acids is 1. The van der Waals surface area contributed by atoms with Gasteiger partial charge in [0.2, 0.25) is 0 Å². The minimum atomic E-state index is -0.0441. The van der Waals surface area contributed by atoms with Crippen LogP contribution in [-0.4, -0.2) is 43.5 Å². The van der Waals surface area contributed by atoms with Gasteiger partial charge in [0.05, 0.1) is 12.6 Å². The number of hydrogen-bond donors (Lipinski definition) is 0. The molecule has 0 saturated carbocycles. The highest BCUT2D eigenvalue weighted by Gasteiger charge is 2.27. The normalized spacial score (nSPS) is 21.6. The Bertz CT molecular complexity index is 439. The van der Waals surface area contributed by atoms with Crippen molar-refractivity contribution in [3.05, 3.63) is 35.4 Å². The second-order valence-corrected chi connectivity index (χ2v) is 5.86. The molecule has 1 heterocycles. The molecule has 1 saturated heterocycles. The molecular formula is C17H25NO2. The van der Waals surface area contributed by atoms with Crippen molar-refractivity contribution >= 4 is 5.78 Å². The predicted molar refractivity (Wildman–Crippen MR) is 81.1 cm³/mol. The number of hydrogen-bond acceptors (Lipinski definition) is 3. The SMILES string of the molecule is COCC1CCCN(C(C)C(=O)c2ccc(C)cc2)C1. The summed E-state index contributed by atoms with van der Waals surface area (Å²) in [6.45, 7) is 6.84. The molecule has 0 bridgehead atoms. The Morgan fingerprint density at radius 1 is 1.40 bits per heavy atom. The van der Waals surface area contributed by atoms with Crippen LogP contribution in [0.5, 0.6) is 0 Å². The molecule has 3 heteroatoms. The quantitative estimate of drug-likeness (QED) is 0.774. The maximum absolute atomic E-state index is 12.5. The number of methoxy groups -OCH3 is 1. The van der Waals surface area contributed by atoms with Crippen molar-refractivity contribution in [2.45, 2.75) is 32.7 Å². The van der Waals surface area contributed by atoms with E-state index in [1.807, 2.05) is 38.1 Å². The maximum Gasteiger partial charge on any atom is 0.179 e. The molecule has 3 nitrogen and oxygen atoms in total. The van der Waals surface area contributed by atoms with Gasteiger partial charge in [-0.3, -0.25) is 9.69 Å². The molecule has 1 aliphatic heterocycles. The van der Waals surface area contributed by atoms with E-state index in [1.54, 1.807) is 7.11 Å². The van der Waals surface area contributed by atoms with Gasteiger partial charge in [0.15, 0.2) is 5.78 Å². The van der Waals surface area contributed by atoms with E-state index >= 15 is 0 Å². The van der Waals surface area contributed by atoms with Crippen molar-refractivity contribution in [3.8, 4) is 0 Å². The van der Waals surface area contributed by atoms with Crippen molar-refractivity contribution in [1.29, 1.82) is 0 Å². The molecule has 2 atom stereocenters. The van der Waals surface area contributed by atoms with Crippen molar-refractivity contribution in [2.75, 3.05) is 26.8 Å². The van der Waals surface area contributed by atoms with Crippen LogP contribution in [-0.2, 0) is 4.74 Å². The van der Waals surface area contributed by atoms with E-state index in [-0.39, 0.29) is 11.8 Å². The molecule has 1 fully saturated rings. The number of likely N-dealkylation sites (tertiary alicyclic amines) is 1. The van der Waals surface area contributed by atoms with Crippen molar-refractivity contribution in [1.82, 2.24) is 4.90 Å². The molecule has 110 valence electrons. The Hall–Kier alpha value is -1.19. The molecule has 0 amide bonds. The van der Waals surface area contributed by atoms with Gasteiger partial charge >= 0.3 is 0 Å². The third-order valence-corrected chi connectivity index (χ3v) is 4.22. The molecule has 1 aromatic rings. The largest absolute Gasteiger partial charge is 0.384 e. The van der Waals surface area contributed by atoms with Gasteiger partial charge in [0.25, 0.3) is 0 Å². The summed E-state index contributed by atoms with van der Waals surface area (Å²) in [6.07, 6.45) is 2.36. The average Bonchev–Trinajstić information content (AvgIpc) is 2.47. The van der Waals surface area contributed by atoms with Crippen LogP contribution in [0.15, 0.2) is 24.3 Å². The van der Waals surface area contributed by atoms with E-state index in [0.29, 0.717) is 5.92 Å². The second kappa shape index (κ2) is 7.00. The van der Waals surface area contributed by atoms with Gasteiger partial charge in [0, 0.05) is 19.2 Å². The van der Waals surface area contributed by atoms with Gasteiger partial charge < -0.3 is 4.74 Å². The molecule has 1 aromatic carbocycles. The highest BCUT2D eigenvalue weighted by Crippen LogP contribution is 2.20. The summed E-state index contributed by atoms with van der Waals surface area (Å²) in [4.78, 5) is 14.8. The number of ether oxygens (including phenoxy) is 1. The zero-order chi connectivity index (χ0) is 14.5. The maximum atomic E-state index is 12.5. The fourth-order valence-corrected chi connectivity index (χ4v) is 2.95. The van der Waals surface area contributed by atoms with Crippen LogP contribution in [0.3, 0.4) is 0 Å². The van der Waals surface area contributed by atoms with Crippen molar-refractivity contribution < 1.29 is 9.53 Å². The molecule has 0 spiro atoms. The summed E-state index contributed by atoms with van der Waals surface area (Å²) in [5.41, 5.74) is 2.00. The smallest absolute Gasteiger partial charge is 0.179 e. The topological polar surface area (TPSA) is 29.5 Å². The Balaban J connectivity index is 2.00. The van der Waals surface area contributed by atoms with E-state index in [2.05, 4.69) is 4.90 Å². The molecule has 0 N–H and O–H groups in total. The minimum Gasteiger partial charge on any atom is -0.384 e. The number of piperidine rings is 1. The van der Waals surface area contributed by atoms with Crippen molar-refractivity contribution in [2.24, 2.45) is 5.92 Å². The van der Waals surface area contributed by atoms with Crippen LogP contribution < -0.4 is 0 Å². The summed E-state index contributed by atoms with van der Waals surface area (Å²) in [6, 6.07) is 7.83.